The Bertz CT molecular complexity index is 1160. The van der Waals surface area contributed by atoms with Crippen LogP contribution in [0.25, 0.3) is 5.69 Å². The number of hydrogen-bond donors (Lipinski definition) is 1. The summed E-state index contributed by atoms with van der Waals surface area (Å²) in [4.78, 5) is 26.3. The van der Waals surface area contributed by atoms with E-state index in [1.54, 1.807) is 37.4 Å². The van der Waals surface area contributed by atoms with E-state index in [4.69, 9.17) is 16.7 Å². The van der Waals surface area contributed by atoms with E-state index < -0.39 is 10.9 Å². The Kier molecular flexibility index (Phi) is 5.52. The maximum absolute atomic E-state index is 11.3. The van der Waals surface area contributed by atoms with Gasteiger partial charge in [0.1, 0.15) is 5.69 Å². The number of aromatic nitrogens is 1. The van der Waals surface area contributed by atoms with E-state index in [2.05, 4.69) is 4.99 Å². The lowest BCUT2D eigenvalue weighted by molar-refractivity contribution is -0.384. The van der Waals surface area contributed by atoms with Crippen LogP contribution in [-0.2, 0) is 0 Å². The van der Waals surface area contributed by atoms with Gasteiger partial charge < -0.3 is 9.67 Å². The van der Waals surface area contributed by atoms with Crippen molar-refractivity contribution in [2.75, 3.05) is 0 Å². The van der Waals surface area contributed by atoms with Gasteiger partial charge in [0.05, 0.1) is 15.5 Å². The third-order valence-electron chi connectivity index (χ3n) is 4.58. The van der Waals surface area contributed by atoms with Gasteiger partial charge in [-0.05, 0) is 56.7 Å². The molecule has 3 aromatic rings. The van der Waals surface area contributed by atoms with Gasteiger partial charge in [0.2, 0.25) is 0 Å². The number of hydrogen-bond acceptors (Lipinski definition) is 4. The maximum Gasteiger partial charge on any atom is 0.337 e. The van der Waals surface area contributed by atoms with Gasteiger partial charge in [0, 0.05) is 34.9 Å². The number of aryl methyl sites for hydroxylation is 2. The molecule has 8 heteroatoms. The Hall–Kier alpha value is -3.45. The number of halogens is 1. The Morgan fingerprint density at radius 1 is 1.17 bits per heavy atom. The second-order valence-corrected chi connectivity index (χ2v) is 7.05. The van der Waals surface area contributed by atoms with E-state index in [-0.39, 0.29) is 22.0 Å². The fourth-order valence-corrected chi connectivity index (χ4v) is 3.42. The lowest BCUT2D eigenvalue weighted by Crippen LogP contribution is -2.02. The molecule has 0 saturated heterocycles. The molecule has 0 radical (unpaired) electrons. The van der Waals surface area contributed by atoms with Gasteiger partial charge in [-0.25, -0.2) is 9.79 Å². The van der Waals surface area contributed by atoms with E-state index in [9.17, 15) is 14.9 Å². The highest BCUT2D eigenvalue weighted by Crippen LogP contribution is 2.29. The third-order valence-corrected chi connectivity index (χ3v) is 4.89. The summed E-state index contributed by atoms with van der Waals surface area (Å²) in [5.74, 6) is -1.09. The minimum atomic E-state index is -1.09. The Balaban J connectivity index is 2.01. The van der Waals surface area contributed by atoms with Crippen LogP contribution in [-0.4, -0.2) is 26.8 Å². The highest BCUT2D eigenvalue weighted by Gasteiger charge is 2.15. The van der Waals surface area contributed by atoms with Crippen LogP contribution in [0.5, 0.6) is 0 Å². The molecule has 1 heterocycles. The molecule has 0 aliphatic rings. The van der Waals surface area contributed by atoms with Gasteiger partial charge in [-0.2, -0.15) is 0 Å². The molecule has 0 aliphatic carbocycles. The second-order valence-electron chi connectivity index (χ2n) is 6.64. The molecule has 7 nitrogen and oxygen atoms in total. The number of nitro benzene ring substituents is 1. The van der Waals surface area contributed by atoms with Crippen molar-refractivity contribution in [1.29, 1.82) is 0 Å². The van der Waals surface area contributed by atoms with Gasteiger partial charge in [0.25, 0.3) is 5.69 Å². The molecule has 0 bridgehead atoms. The predicted octanol–water partition coefficient (Wildman–Crippen LogP) is 5.41. The summed E-state index contributed by atoms with van der Waals surface area (Å²) < 4.78 is 1.92. The highest BCUT2D eigenvalue weighted by atomic mass is 35.5. The highest BCUT2D eigenvalue weighted by molar-refractivity contribution is 6.33. The molecule has 0 amide bonds. The monoisotopic (exact) mass is 411 g/mol. The fourth-order valence-electron chi connectivity index (χ4n) is 3.16. The van der Waals surface area contributed by atoms with Gasteiger partial charge in [0.15, 0.2) is 0 Å². The van der Waals surface area contributed by atoms with Crippen LogP contribution in [0.15, 0.2) is 47.5 Å². The minimum Gasteiger partial charge on any atom is -0.478 e. The number of aromatic carboxylic acids is 1. The zero-order chi connectivity index (χ0) is 21.3. The molecule has 1 aromatic heterocycles. The molecule has 3 rings (SSSR count). The number of carbonyl (C=O) groups is 1. The Morgan fingerprint density at radius 3 is 2.52 bits per heavy atom. The first-order valence-electron chi connectivity index (χ1n) is 8.70. The van der Waals surface area contributed by atoms with Gasteiger partial charge in [-0.1, -0.05) is 17.7 Å². The van der Waals surface area contributed by atoms with E-state index >= 15 is 0 Å². The summed E-state index contributed by atoms with van der Waals surface area (Å²) in [7, 11) is 0. The van der Waals surface area contributed by atoms with E-state index in [1.165, 1.54) is 12.1 Å². The predicted molar refractivity (Wildman–Crippen MR) is 112 cm³/mol. The minimum absolute atomic E-state index is 0.0337. The SMILES string of the molecule is Cc1ccc(N=Cc2cc(C)n(-c3ccc(C(=O)O)c(Cl)c3)c2C)c([N+](=O)[O-])c1. The number of benzene rings is 2. The standard InChI is InChI=1S/C21H18ClN3O4/c1-12-4-7-19(20(8-12)25(28)29)23-11-15-9-13(2)24(14(15)3)16-5-6-17(21(26)27)18(22)10-16/h4-11H,1-3H3,(H,26,27). The normalized spacial score (nSPS) is 11.2. The van der Waals surface area contributed by atoms with Crippen molar-refractivity contribution >= 4 is 35.2 Å². The number of nitrogens with zero attached hydrogens (tertiary/aromatic N) is 3. The average Bonchev–Trinajstić information content (AvgIpc) is 2.93. The zero-order valence-electron chi connectivity index (χ0n) is 16.0. The summed E-state index contributed by atoms with van der Waals surface area (Å²) in [5.41, 5.74) is 4.29. The smallest absolute Gasteiger partial charge is 0.337 e. The summed E-state index contributed by atoms with van der Waals surface area (Å²) in [5, 5.41) is 20.6. The van der Waals surface area contributed by atoms with Crippen LogP contribution in [0, 0.1) is 30.9 Å². The number of aliphatic imine (C=N–C) groups is 1. The number of carboxylic acid groups (broad SMARTS) is 1. The molecule has 29 heavy (non-hydrogen) atoms. The van der Waals surface area contributed by atoms with Crippen molar-refractivity contribution in [2.24, 2.45) is 4.99 Å². The van der Waals surface area contributed by atoms with Crippen molar-refractivity contribution in [1.82, 2.24) is 4.57 Å². The van der Waals surface area contributed by atoms with Crippen molar-refractivity contribution in [3.63, 3.8) is 0 Å². The molecule has 1 N–H and O–H groups in total. The second kappa shape index (κ2) is 7.89. The largest absolute Gasteiger partial charge is 0.478 e. The molecule has 0 aliphatic heterocycles. The quantitative estimate of drug-likeness (QED) is 0.344. The molecule has 0 unspecified atom stereocenters. The first kappa shape index (κ1) is 20.3. The summed E-state index contributed by atoms with van der Waals surface area (Å²) in [6.45, 7) is 5.57. The number of nitro groups is 1. The fraction of sp³-hybridized carbons (Fsp3) is 0.143. The van der Waals surface area contributed by atoms with E-state index in [0.29, 0.717) is 0 Å². The first-order chi connectivity index (χ1) is 13.7. The van der Waals surface area contributed by atoms with Crippen LogP contribution in [0.1, 0.15) is 32.9 Å². The van der Waals surface area contributed by atoms with E-state index in [1.807, 2.05) is 24.5 Å². The number of rotatable bonds is 5. The third kappa shape index (κ3) is 4.05. The molecular weight excluding hydrogens is 394 g/mol. The lowest BCUT2D eigenvalue weighted by Gasteiger charge is -2.11. The molecule has 0 atom stereocenters. The van der Waals surface area contributed by atoms with Gasteiger partial charge >= 0.3 is 5.97 Å². The maximum atomic E-state index is 11.3. The Labute approximate surface area is 172 Å². The van der Waals surface area contributed by atoms with Crippen LogP contribution >= 0.6 is 11.6 Å². The molecule has 2 aromatic carbocycles. The topological polar surface area (TPSA) is 97.7 Å². The molecule has 148 valence electrons. The van der Waals surface area contributed by atoms with Crippen LogP contribution in [0.2, 0.25) is 5.02 Å². The summed E-state index contributed by atoms with van der Waals surface area (Å²) >= 11 is 6.10. The summed E-state index contributed by atoms with van der Waals surface area (Å²) in [6.07, 6.45) is 1.59. The van der Waals surface area contributed by atoms with Crippen LogP contribution in [0.3, 0.4) is 0 Å². The van der Waals surface area contributed by atoms with Crippen molar-refractivity contribution in [3.05, 3.63) is 85.7 Å². The molecular formula is C21H18ClN3O4. The molecule has 0 fully saturated rings. The van der Waals surface area contributed by atoms with Crippen molar-refractivity contribution in [2.45, 2.75) is 20.8 Å². The molecule has 0 saturated carbocycles. The van der Waals surface area contributed by atoms with Crippen molar-refractivity contribution in [3.8, 4) is 5.69 Å². The lowest BCUT2D eigenvalue weighted by atomic mass is 10.2. The number of carboxylic acids is 1. The van der Waals surface area contributed by atoms with Crippen LogP contribution in [0.4, 0.5) is 11.4 Å². The average molecular weight is 412 g/mol. The van der Waals surface area contributed by atoms with Gasteiger partial charge in [-0.3, -0.25) is 10.1 Å². The van der Waals surface area contributed by atoms with Crippen LogP contribution < -0.4 is 0 Å². The first-order valence-corrected chi connectivity index (χ1v) is 9.08. The van der Waals surface area contributed by atoms with Crippen molar-refractivity contribution < 1.29 is 14.8 Å². The van der Waals surface area contributed by atoms with E-state index in [0.717, 1.165) is 28.2 Å². The summed E-state index contributed by atoms with van der Waals surface area (Å²) in [6, 6.07) is 11.5. The Morgan fingerprint density at radius 2 is 1.90 bits per heavy atom. The molecule has 0 spiro atoms. The zero-order valence-corrected chi connectivity index (χ0v) is 16.8. The van der Waals surface area contributed by atoms with Gasteiger partial charge in [-0.15, -0.1) is 0 Å².